The fourth-order valence-electron chi connectivity index (χ4n) is 0.436. The highest BCUT2D eigenvalue weighted by atomic mass is 16.4. The van der Waals surface area contributed by atoms with Gasteiger partial charge in [0.05, 0.1) is 0 Å². The quantitative estimate of drug-likeness (QED) is 0.375. The van der Waals surface area contributed by atoms with E-state index in [0.29, 0.717) is 6.42 Å². The highest BCUT2D eigenvalue weighted by Crippen LogP contribution is 1.90. The van der Waals surface area contributed by atoms with Gasteiger partial charge in [-0.15, -0.1) is 0 Å². The van der Waals surface area contributed by atoms with Gasteiger partial charge in [-0.3, -0.25) is 4.79 Å². The number of hydrogen-bond acceptors (Lipinski definition) is 3. The van der Waals surface area contributed by atoms with E-state index in [9.17, 15) is 9.59 Å². The molecule has 66 valence electrons. The van der Waals surface area contributed by atoms with Crippen molar-refractivity contribution in [2.75, 3.05) is 0 Å². The van der Waals surface area contributed by atoms with Gasteiger partial charge in [0.25, 0.3) is 0 Å². The Balaban J connectivity index is 4.12. The summed E-state index contributed by atoms with van der Waals surface area (Å²) in [6.45, 7) is 1.69. The number of carbonyl (C=O) groups excluding carboxylic acids is 1. The number of carbonyl (C=O) groups is 2. The lowest BCUT2D eigenvalue weighted by Gasteiger charge is -1.86. The van der Waals surface area contributed by atoms with E-state index >= 15 is 0 Å². The number of hydrogen-bond donors (Lipinski definition) is 2. The van der Waals surface area contributed by atoms with Crippen LogP contribution in [0.3, 0.4) is 0 Å². The van der Waals surface area contributed by atoms with Crippen molar-refractivity contribution in [3.63, 3.8) is 0 Å². The molecule has 0 atom stereocenters. The van der Waals surface area contributed by atoms with E-state index in [-0.39, 0.29) is 5.78 Å². The fourth-order valence-corrected chi connectivity index (χ4v) is 0.436. The zero-order chi connectivity index (χ0) is 9.56. The van der Waals surface area contributed by atoms with Crippen LogP contribution < -0.4 is 0 Å². The minimum absolute atomic E-state index is 0.121. The predicted molar refractivity (Wildman–Crippen MR) is 42.8 cm³/mol. The number of aliphatic hydroxyl groups excluding tert-OH is 1. The van der Waals surface area contributed by atoms with Crippen LogP contribution in [0.25, 0.3) is 0 Å². The maximum atomic E-state index is 10.6. The van der Waals surface area contributed by atoms with Crippen LogP contribution in [0.15, 0.2) is 24.0 Å². The van der Waals surface area contributed by atoms with E-state index in [1.54, 1.807) is 6.92 Å². The summed E-state index contributed by atoms with van der Waals surface area (Å²) in [6, 6.07) is 0. The van der Waals surface area contributed by atoms with Crippen LogP contribution in [0.4, 0.5) is 0 Å². The second-order valence-corrected chi connectivity index (χ2v) is 2.04. The number of ketones is 1. The van der Waals surface area contributed by atoms with Gasteiger partial charge in [0.1, 0.15) is 0 Å². The Kier molecular flexibility index (Phi) is 4.45. The highest BCUT2D eigenvalue weighted by molar-refractivity contribution is 5.90. The predicted octanol–water partition coefficient (Wildman–Crippen LogP) is 1.05. The van der Waals surface area contributed by atoms with Crippen molar-refractivity contribution >= 4 is 11.8 Å². The summed E-state index contributed by atoms with van der Waals surface area (Å²) in [5, 5.41) is 16.8. The third-order valence-electron chi connectivity index (χ3n) is 1.10. The minimum atomic E-state index is -1.41. The van der Waals surface area contributed by atoms with Crippen LogP contribution in [0.2, 0.25) is 0 Å². The van der Waals surface area contributed by atoms with Crippen molar-refractivity contribution < 1.29 is 19.8 Å². The summed E-state index contributed by atoms with van der Waals surface area (Å²) in [7, 11) is 0. The van der Waals surface area contributed by atoms with E-state index in [4.69, 9.17) is 10.2 Å². The number of carboxylic acids is 1. The summed E-state index contributed by atoms with van der Waals surface area (Å²) in [5.41, 5.74) is 0. The lowest BCUT2D eigenvalue weighted by atomic mass is 10.3. The van der Waals surface area contributed by atoms with Crippen LogP contribution in [-0.4, -0.2) is 22.0 Å². The molecule has 2 N–H and O–H groups in total. The molecule has 0 amide bonds. The van der Waals surface area contributed by atoms with Crippen molar-refractivity contribution in [3.05, 3.63) is 24.0 Å². The topological polar surface area (TPSA) is 74.6 Å². The van der Waals surface area contributed by atoms with Gasteiger partial charge in [0, 0.05) is 6.42 Å². The summed E-state index contributed by atoms with van der Waals surface area (Å²) >= 11 is 0. The molecule has 0 unspecified atom stereocenters. The average molecular weight is 170 g/mol. The Labute approximate surface area is 69.8 Å². The number of aliphatic hydroxyl groups is 1. The molecule has 4 nitrogen and oxygen atoms in total. The molecule has 0 heterocycles. The average Bonchev–Trinajstić information content (AvgIpc) is 2.03. The van der Waals surface area contributed by atoms with Gasteiger partial charge in [-0.2, -0.15) is 0 Å². The molecule has 0 spiro atoms. The molecular weight excluding hydrogens is 160 g/mol. The molecule has 0 fully saturated rings. The second-order valence-electron chi connectivity index (χ2n) is 2.04. The van der Waals surface area contributed by atoms with Gasteiger partial charge in [0.15, 0.2) is 5.78 Å². The number of aliphatic carboxylic acids is 1. The third kappa shape index (κ3) is 4.27. The van der Waals surface area contributed by atoms with Gasteiger partial charge in [-0.25, -0.2) is 4.79 Å². The maximum Gasteiger partial charge on any atom is 0.370 e. The molecule has 0 rings (SSSR count). The van der Waals surface area contributed by atoms with E-state index in [2.05, 4.69) is 0 Å². The largest absolute Gasteiger partial charge is 0.502 e. The van der Waals surface area contributed by atoms with Gasteiger partial charge in [0.2, 0.25) is 5.76 Å². The highest BCUT2D eigenvalue weighted by Gasteiger charge is 1.99. The van der Waals surface area contributed by atoms with Crippen LogP contribution in [0, 0.1) is 0 Å². The molecular formula is C8H10O4. The summed E-state index contributed by atoms with van der Waals surface area (Å²) in [6.07, 6.45) is 3.72. The lowest BCUT2D eigenvalue weighted by Crippen LogP contribution is -1.97. The summed E-state index contributed by atoms with van der Waals surface area (Å²) in [5.74, 6) is -2.32. The zero-order valence-corrected chi connectivity index (χ0v) is 6.65. The normalized spacial score (nSPS) is 11.9. The lowest BCUT2D eigenvalue weighted by molar-refractivity contribution is -0.135. The Hall–Kier alpha value is -1.58. The molecule has 0 aromatic carbocycles. The van der Waals surface area contributed by atoms with Gasteiger partial charge >= 0.3 is 5.97 Å². The van der Waals surface area contributed by atoms with Crippen LogP contribution in [-0.2, 0) is 9.59 Å². The molecule has 0 saturated carbocycles. The molecule has 0 aliphatic rings. The SMILES string of the molecule is CCC(=O)C=CC=C(O)C(=O)O. The number of carboxylic acid groups (broad SMARTS) is 1. The fraction of sp³-hybridized carbons (Fsp3) is 0.250. The Bertz CT molecular complexity index is 237. The van der Waals surface area contributed by atoms with Crippen molar-refractivity contribution in [1.29, 1.82) is 0 Å². The molecule has 0 aliphatic heterocycles. The van der Waals surface area contributed by atoms with E-state index in [1.165, 1.54) is 12.2 Å². The molecule has 0 radical (unpaired) electrons. The number of allylic oxidation sites excluding steroid dienone is 3. The van der Waals surface area contributed by atoms with Gasteiger partial charge in [-0.1, -0.05) is 13.0 Å². The minimum Gasteiger partial charge on any atom is -0.502 e. The molecule has 0 aromatic heterocycles. The van der Waals surface area contributed by atoms with Crippen LogP contribution >= 0.6 is 0 Å². The first-order valence-electron chi connectivity index (χ1n) is 3.41. The van der Waals surface area contributed by atoms with Gasteiger partial charge in [-0.05, 0) is 12.2 Å². The number of rotatable bonds is 4. The molecule has 0 saturated heterocycles. The first kappa shape index (κ1) is 10.4. The van der Waals surface area contributed by atoms with Crippen molar-refractivity contribution in [2.24, 2.45) is 0 Å². The van der Waals surface area contributed by atoms with Crippen molar-refractivity contribution in [2.45, 2.75) is 13.3 Å². The molecule has 0 aliphatic carbocycles. The molecule has 0 bridgehead atoms. The van der Waals surface area contributed by atoms with Crippen LogP contribution in [0.1, 0.15) is 13.3 Å². The van der Waals surface area contributed by atoms with Gasteiger partial charge < -0.3 is 10.2 Å². The second kappa shape index (κ2) is 5.12. The van der Waals surface area contributed by atoms with Crippen molar-refractivity contribution in [1.82, 2.24) is 0 Å². The molecule has 12 heavy (non-hydrogen) atoms. The standard InChI is InChI=1S/C8H10O4/c1-2-6(9)4-3-5-7(10)8(11)12/h3-5,10H,2H2,1H3,(H,11,12). The Morgan fingerprint density at radius 3 is 2.33 bits per heavy atom. The van der Waals surface area contributed by atoms with Crippen LogP contribution in [0.5, 0.6) is 0 Å². The maximum absolute atomic E-state index is 10.6. The first-order chi connectivity index (χ1) is 5.57. The summed E-state index contributed by atoms with van der Waals surface area (Å²) < 4.78 is 0. The summed E-state index contributed by atoms with van der Waals surface area (Å²) in [4.78, 5) is 20.6. The molecule has 4 heteroatoms. The Morgan fingerprint density at radius 2 is 1.92 bits per heavy atom. The first-order valence-corrected chi connectivity index (χ1v) is 3.41. The third-order valence-corrected chi connectivity index (χ3v) is 1.10. The zero-order valence-electron chi connectivity index (χ0n) is 6.65. The van der Waals surface area contributed by atoms with E-state index < -0.39 is 11.7 Å². The molecule has 0 aromatic rings. The smallest absolute Gasteiger partial charge is 0.370 e. The van der Waals surface area contributed by atoms with E-state index in [1.807, 2.05) is 0 Å². The Morgan fingerprint density at radius 1 is 1.33 bits per heavy atom. The monoisotopic (exact) mass is 170 g/mol. The van der Waals surface area contributed by atoms with E-state index in [0.717, 1.165) is 6.08 Å². The van der Waals surface area contributed by atoms with Crippen molar-refractivity contribution in [3.8, 4) is 0 Å².